The highest BCUT2D eigenvalue weighted by molar-refractivity contribution is 5.97. The zero-order chi connectivity index (χ0) is 18.4. The number of rotatable bonds is 6. The highest BCUT2D eigenvalue weighted by atomic mass is 16.4. The van der Waals surface area contributed by atoms with Crippen molar-refractivity contribution in [3.8, 4) is 0 Å². The number of aliphatic carboxylic acids is 1. The van der Waals surface area contributed by atoms with Crippen molar-refractivity contribution >= 4 is 23.5 Å². The second kappa shape index (κ2) is 8.14. The van der Waals surface area contributed by atoms with E-state index in [1.54, 1.807) is 25.2 Å². The summed E-state index contributed by atoms with van der Waals surface area (Å²) in [5.41, 5.74) is 1.46. The summed E-state index contributed by atoms with van der Waals surface area (Å²) in [6.07, 6.45) is 4.78. The first kappa shape index (κ1) is 19.0. The highest BCUT2D eigenvalue weighted by Crippen LogP contribution is 2.42. The highest BCUT2D eigenvalue weighted by Gasteiger charge is 2.36. The van der Waals surface area contributed by atoms with Crippen LogP contribution < -0.4 is 10.6 Å². The van der Waals surface area contributed by atoms with Crippen molar-refractivity contribution in [2.24, 2.45) is 5.41 Å². The second-order valence-corrected chi connectivity index (χ2v) is 6.96. The molecule has 2 rings (SSSR count). The minimum atomic E-state index is -0.854. The molecule has 0 saturated heterocycles. The van der Waals surface area contributed by atoms with E-state index in [0.29, 0.717) is 11.3 Å². The first-order chi connectivity index (χ1) is 11.8. The van der Waals surface area contributed by atoms with E-state index in [2.05, 4.69) is 10.6 Å². The standard InChI is InChI=1S/C19H26N2O4/c1-13-6-7-14(18(25)20-2)10-15(13)21-16(22)11-19(12-17(23)24)8-4-3-5-9-19/h6-7,10H,3-5,8-9,11-12H2,1-2H3,(H,20,25)(H,21,22)(H,23,24). The quantitative estimate of drug-likeness (QED) is 0.737. The van der Waals surface area contributed by atoms with Gasteiger partial charge in [0.05, 0.1) is 6.42 Å². The number of nitrogens with one attached hydrogen (secondary N) is 2. The average molecular weight is 346 g/mol. The molecule has 0 bridgehead atoms. The lowest BCUT2D eigenvalue weighted by molar-refractivity contribution is -0.140. The second-order valence-electron chi connectivity index (χ2n) is 6.96. The number of carbonyl (C=O) groups excluding carboxylic acids is 2. The molecule has 0 radical (unpaired) electrons. The largest absolute Gasteiger partial charge is 0.481 e. The number of amides is 2. The van der Waals surface area contributed by atoms with Gasteiger partial charge in [0.15, 0.2) is 0 Å². The zero-order valence-corrected chi connectivity index (χ0v) is 14.9. The van der Waals surface area contributed by atoms with E-state index in [-0.39, 0.29) is 24.7 Å². The molecule has 25 heavy (non-hydrogen) atoms. The molecule has 1 aliphatic carbocycles. The maximum Gasteiger partial charge on any atom is 0.303 e. The van der Waals surface area contributed by atoms with Crippen LogP contribution >= 0.6 is 0 Å². The van der Waals surface area contributed by atoms with Crippen LogP contribution in [0.5, 0.6) is 0 Å². The van der Waals surface area contributed by atoms with Gasteiger partial charge in [-0.2, -0.15) is 0 Å². The van der Waals surface area contributed by atoms with Crippen LogP contribution in [-0.2, 0) is 9.59 Å². The normalized spacial score (nSPS) is 16.1. The van der Waals surface area contributed by atoms with Crippen molar-refractivity contribution in [3.05, 3.63) is 29.3 Å². The number of carbonyl (C=O) groups is 3. The third-order valence-electron chi connectivity index (χ3n) is 4.98. The molecule has 136 valence electrons. The van der Waals surface area contributed by atoms with Gasteiger partial charge in [0.1, 0.15) is 0 Å². The molecule has 0 aliphatic heterocycles. The molecule has 6 heteroatoms. The van der Waals surface area contributed by atoms with Crippen LogP contribution in [0.1, 0.15) is 60.9 Å². The smallest absolute Gasteiger partial charge is 0.303 e. The number of carboxylic acid groups (broad SMARTS) is 1. The van der Waals surface area contributed by atoms with E-state index in [1.807, 2.05) is 6.92 Å². The number of hydrogen-bond donors (Lipinski definition) is 3. The number of carboxylic acids is 1. The monoisotopic (exact) mass is 346 g/mol. The van der Waals surface area contributed by atoms with Gasteiger partial charge in [0, 0.05) is 24.7 Å². The minimum absolute atomic E-state index is 0.0255. The third-order valence-corrected chi connectivity index (χ3v) is 4.98. The van der Waals surface area contributed by atoms with Crippen molar-refractivity contribution in [2.45, 2.75) is 51.9 Å². The fraction of sp³-hybridized carbons (Fsp3) is 0.526. The minimum Gasteiger partial charge on any atom is -0.481 e. The van der Waals surface area contributed by atoms with Crippen LogP contribution in [0.15, 0.2) is 18.2 Å². The third kappa shape index (κ3) is 5.05. The molecular formula is C19H26N2O4. The number of anilines is 1. The molecule has 1 aromatic carbocycles. The van der Waals surface area contributed by atoms with Crippen LogP contribution in [0.3, 0.4) is 0 Å². The Balaban J connectivity index is 2.12. The van der Waals surface area contributed by atoms with Gasteiger partial charge in [0.2, 0.25) is 5.91 Å². The molecule has 1 fully saturated rings. The summed E-state index contributed by atoms with van der Waals surface area (Å²) in [4.78, 5) is 35.6. The Morgan fingerprint density at radius 2 is 1.80 bits per heavy atom. The zero-order valence-electron chi connectivity index (χ0n) is 14.9. The first-order valence-corrected chi connectivity index (χ1v) is 8.70. The van der Waals surface area contributed by atoms with Gasteiger partial charge in [-0.25, -0.2) is 0 Å². The molecule has 6 nitrogen and oxygen atoms in total. The number of hydrogen-bond acceptors (Lipinski definition) is 3. The van der Waals surface area contributed by atoms with Gasteiger partial charge >= 0.3 is 5.97 Å². The maximum atomic E-state index is 12.6. The Morgan fingerprint density at radius 3 is 2.40 bits per heavy atom. The summed E-state index contributed by atoms with van der Waals surface area (Å²) in [5.74, 6) is -1.27. The van der Waals surface area contributed by atoms with Crippen LogP contribution in [0.25, 0.3) is 0 Å². The van der Waals surface area contributed by atoms with E-state index in [4.69, 9.17) is 0 Å². The van der Waals surface area contributed by atoms with Crippen LogP contribution in [0.4, 0.5) is 5.69 Å². The van der Waals surface area contributed by atoms with E-state index in [0.717, 1.165) is 37.7 Å². The predicted octanol–water partition coefficient (Wildman–Crippen LogP) is 3.11. The predicted molar refractivity (Wildman–Crippen MR) is 95.6 cm³/mol. The van der Waals surface area contributed by atoms with E-state index >= 15 is 0 Å². The van der Waals surface area contributed by atoms with Crippen LogP contribution in [0, 0.1) is 12.3 Å². The molecule has 0 spiro atoms. The Morgan fingerprint density at radius 1 is 1.12 bits per heavy atom. The van der Waals surface area contributed by atoms with Crippen LogP contribution in [0.2, 0.25) is 0 Å². The van der Waals surface area contributed by atoms with Crippen molar-refractivity contribution in [1.82, 2.24) is 5.32 Å². The molecule has 0 heterocycles. The SMILES string of the molecule is CNC(=O)c1ccc(C)c(NC(=O)CC2(CC(=O)O)CCCCC2)c1. The number of benzene rings is 1. The Labute approximate surface area is 148 Å². The van der Waals surface area contributed by atoms with Gasteiger partial charge in [0.25, 0.3) is 5.91 Å². The first-order valence-electron chi connectivity index (χ1n) is 8.70. The summed E-state index contributed by atoms with van der Waals surface area (Å²) < 4.78 is 0. The van der Waals surface area contributed by atoms with Gasteiger partial charge in [-0.1, -0.05) is 25.3 Å². The molecular weight excluding hydrogens is 320 g/mol. The van der Waals surface area contributed by atoms with Crippen molar-refractivity contribution in [2.75, 3.05) is 12.4 Å². The molecule has 1 aromatic rings. The molecule has 2 amide bonds. The summed E-state index contributed by atoms with van der Waals surface area (Å²) >= 11 is 0. The summed E-state index contributed by atoms with van der Waals surface area (Å²) in [6.45, 7) is 1.86. The Bertz CT molecular complexity index is 663. The van der Waals surface area contributed by atoms with Gasteiger partial charge in [-0.3, -0.25) is 14.4 Å². The summed E-state index contributed by atoms with van der Waals surface area (Å²) in [6, 6.07) is 5.14. The van der Waals surface area contributed by atoms with E-state index in [1.165, 1.54) is 0 Å². The average Bonchev–Trinajstić information content (AvgIpc) is 2.56. The van der Waals surface area contributed by atoms with Crippen molar-refractivity contribution in [3.63, 3.8) is 0 Å². The molecule has 3 N–H and O–H groups in total. The molecule has 0 aromatic heterocycles. The van der Waals surface area contributed by atoms with Gasteiger partial charge in [-0.15, -0.1) is 0 Å². The number of aryl methyl sites for hydroxylation is 1. The van der Waals surface area contributed by atoms with E-state index in [9.17, 15) is 19.5 Å². The lowest BCUT2D eigenvalue weighted by Gasteiger charge is -2.35. The topological polar surface area (TPSA) is 95.5 Å². The summed E-state index contributed by atoms with van der Waals surface area (Å²) in [7, 11) is 1.55. The maximum absolute atomic E-state index is 12.6. The fourth-order valence-corrected chi connectivity index (χ4v) is 3.62. The Hall–Kier alpha value is -2.37. The summed E-state index contributed by atoms with van der Waals surface area (Å²) in [5, 5.41) is 14.6. The molecule has 0 unspecified atom stereocenters. The van der Waals surface area contributed by atoms with Crippen molar-refractivity contribution in [1.29, 1.82) is 0 Å². The van der Waals surface area contributed by atoms with Crippen molar-refractivity contribution < 1.29 is 19.5 Å². The Kier molecular flexibility index (Phi) is 6.17. The van der Waals surface area contributed by atoms with Crippen LogP contribution in [-0.4, -0.2) is 29.9 Å². The lowest BCUT2D eigenvalue weighted by atomic mass is 9.69. The lowest BCUT2D eigenvalue weighted by Crippen LogP contribution is -2.32. The van der Waals surface area contributed by atoms with E-state index < -0.39 is 11.4 Å². The molecule has 1 aliphatic rings. The van der Waals surface area contributed by atoms with Gasteiger partial charge < -0.3 is 15.7 Å². The molecule has 1 saturated carbocycles. The van der Waals surface area contributed by atoms with Gasteiger partial charge in [-0.05, 0) is 42.9 Å². The molecule has 0 atom stereocenters. The fourth-order valence-electron chi connectivity index (χ4n) is 3.62.